The molecule has 1 N–H and O–H groups in total. The molecule has 0 saturated carbocycles. The number of hydrogen-bond acceptors (Lipinski definition) is 7. The van der Waals surface area contributed by atoms with Crippen LogP contribution in [0, 0.1) is 6.92 Å². The van der Waals surface area contributed by atoms with Crippen molar-refractivity contribution in [3.05, 3.63) is 41.4 Å². The molecule has 2 saturated heterocycles. The van der Waals surface area contributed by atoms with E-state index >= 15 is 0 Å². The first-order chi connectivity index (χ1) is 16.4. The molecular formula is C24H27N5O5. The monoisotopic (exact) mass is 465 g/mol. The number of rotatable bonds is 5. The normalized spacial score (nSPS) is 19.5. The summed E-state index contributed by atoms with van der Waals surface area (Å²) in [6.45, 7) is 3.05. The summed E-state index contributed by atoms with van der Waals surface area (Å²) in [5.74, 6) is 0.297. The summed E-state index contributed by atoms with van der Waals surface area (Å²) >= 11 is 0. The molecule has 10 heteroatoms. The van der Waals surface area contributed by atoms with Crippen molar-refractivity contribution in [1.82, 2.24) is 25.2 Å². The molecule has 0 radical (unpaired) electrons. The predicted molar refractivity (Wildman–Crippen MR) is 121 cm³/mol. The van der Waals surface area contributed by atoms with Gasteiger partial charge in [0.15, 0.2) is 0 Å². The van der Waals surface area contributed by atoms with Gasteiger partial charge in [0.1, 0.15) is 23.1 Å². The highest BCUT2D eigenvalue weighted by Crippen LogP contribution is 2.35. The van der Waals surface area contributed by atoms with E-state index in [0.29, 0.717) is 43.1 Å². The lowest BCUT2D eigenvalue weighted by Crippen LogP contribution is -2.42. The molecule has 0 bridgehead atoms. The van der Waals surface area contributed by atoms with E-state index in [0.717, 1.165) is 29.4 Å². The number of nitrogens with zero attached hydrogens (tertiary/aromatic N) is 4. The van der Waals surface area contributed by atoms with Crippen LogP contribution >= 0.6 is 0 Å². The Balaban J connectivity index is 1.27. The summed E-state index contributed by atoms with van der Waals surface area (Å²) < 4.78 is 13.3. The molecule has 2 aliphatic rings. The molecular weight excluding hydrogens is 438 g/mol. The van der Waals surface area contributed by atoms with E-state index in [-0.39, 0.29) is 30.2 Å². The number of likely N-dealkylation sites (tertiary alicyclic amines) is 1. The van der Waals surface area contributed by atoms with Crippen LogP contribution < -0.4 is 10.1 Å². The second kappa shape index (κ2) is 8.92. The van der Waals surface area contributed by atoms with E-state index in [1.807, 2.05) is 37.1 Å². The average molecular weight is 466 g/mol. The molecule has 178 valence electrons. The quantitative estimate of drug-likeness (QED) is 0.572. The van der Waals surface area contributed by atoms with Crippen LogP contribution in [0.4, 0.5) is 0 Å². The maximum Gasteiger partial charge on any atom is 0.235 e. The van der Waals surface area contributed by atoms with Gasteiger partial charge in [0.05, 0.1) is 23.7 Å². The lowest BCUT2D eigenvalue weighted by molar-refractivity contribution is -0.134. The van der Waals surface area contributed by atoms with E-state index in [9.17, 15) is 14.4 Å². The summed E-state index contributed by atoms with van der Waals surface area (Å²) in [7, 11) is 1.83. The maximum atomic E-state index is 12.6. The number of imide groups is 1. The second-order valence-corrected chi connectivity index (χ2v) is 8.97. The Kier molecular flexibility index (Phi) is 5.80. The average Bonchev–Trinajstić information content (AvgIpc) is 3.37. The Bertz CT molecular complexity index is 1250. The number of carbonyl (C=O) groups is 3. The van der Waals surface area contributed by atoms with E-state index in [1.165, 1.54) is 0 Å². The van der Waals surface area contributed by atoms with Crippen LogP contribution in [0.1, 0.15) is 48.7 Å². The molecule has 1 aromatic carbocycles. The zero-order valence-electron chi connectivity index (χ0n) is 19.2. The summed E-state index contributed by atoms with van der Waals surface area (Å²) in [4.78, 5) is 38.4. The third-order valence-corrected chi connectivity index (χ3v) is 6.52. The van der Waals surface area contributed by atoms with E-state index < -0.39 is 5.92 Å². The first-order valence-corrected chi connectivity index (χ1v) is 11.5. The number of carbonyl (C=O) groups excluding carboxylic acids is 3. The van der Waals surface area contributed by atoms with Crippen molar-refractivity contribution < 1.29 is 23.6 Å². The summed E-state index contributed by atoms with van der Waals surface area (Å²) in [5.41, 5.74) is 2.25. The highest BCUT2D eigenvalue weighted by atomic mass is 16.5. The predicted octanol–water partition coefficient (Wildman–Crippen LogP) is 2.00. The standard InChI is InChI=1S/C24H27N5O5/c1-14-12-16(34-27-14)13-21(31)29-10-8-15(9-11-29)33-19-5-3-4-17-22(26-28(2)23(17)19)18-6-7-20(30)25-24(18)32/h3-5,12,15,18H,6-11,13H2,1-2H3,(H,25,30,32). The zero-order chi connectivity index (χ0) is 23.8. The van der Waals surface area contributed by atoms with E-state index in [4.69, 9.17) is 9.26 Å². The van der Waals surface area contributed by atoms with Gasteiger partial charge >= 0.3 is 0 Å². The molecule has 34 heavy (non-hydrogen) atoms. The minimum Gasteiger partial charge on any atom is -0.488 e. The van der Waals surface area contributed by atoms with Crippen molar-refractivity contribution in [2.45, 2.75) is 51.0 Å². The minimum absolute atomic E-state index is 0.0252. The third-order valence-electron chi connectivity index (χ3n) is 6.52. The zero-order valence-corrected chi connectivity index (χ0v) is 19.2. The van der Waals surface area contributed by atoms with E-state index in [2.05, 4.69) is 15.6 Å². The molecule has 0 aliphatic carbocycles. The van der Waals surface area contributed by atoms with Gasteiger partial charge in [-0.3, -0.25) is 24.4 Å². The number of aromatic nitrogens is 3. The maximum absolute atomic E-state index is 12.6. The molecule has 3 aromatic rings. The Labute approximate surface area is 196 Å². The molecule has 5 rings (SSSR count). The Morgan fingerprint density at radius 2 is 2.03 bits per heavy atom. The topological polar surface area (TPSA) is 120 Å². The number of hydrogen-bond donors (Lipinski definition) is 1. The van der Waals surface area contributed by atoms with Gasteiger partial charge in [-0.2, -0.15) is 5.10 Å². The molecule has 1 atom stereocenters. The van der Waals surface area contributed by atoms with Crippen molar-refractivity contribution in [2.75, 3.05) is 13.1 Å². The number of para-hydroxylation sites is 1. The summed E-state index contributed by atoms with van der Waals surface area (Å²) in [5, 5.41) is 11.7. The summed E-state index contributed by atoms with van der Waals surface area (Å²) in [6, 6.07) is 7.51. The van der Waals surface area contributed by atoms with Crippen molar-refractivity contribution in [3.63, 3.8) is 0 Å². The van der Waals surface area contributed by atoms with Crippen molar-refractivity contribution in [2.24, 2.45) is 7.05 Å². The Hall–Kier alpha value is -3.69. The number of amides is 3. The minimum atomic E-state index is -0.459. The lowest BCUT2D eigenvalue weighted by atomic mass is 9.93. The molecule has 2 fully saturated rings. The molecule has 0 spiro atoms. The Morgan fingerprint density at radius 3 is 2.74 bits per heavy atom. The molecule has 1 unspecified atom stereocenters. The van der Waals surface area contributed by atoms with Gasteiger partial charge in [-0.05, 0) is 19.4 Å². The van der Waals surface area contributed by atoms with Crippen molar-refractivity contribution >= 4 is 28.6 Å². The first-order valence-electron chi connectivity index (χ1n) is 11.5. The fourth-order valence-electron chi connectivity index (χ4n) is 4.80. The fraction of sp³-hybridized carbons (Fsp3) is 0.458. The fourth-order valence-corrected chi connectivity index (χ4v) is 4.80. The van der Waals surface area contributed by atoms with Gasteiger partial charge in [0, 0.05) is 50.9 Å². The van der Waals surface area contributed by atoms with Crippen LogP contribution in [0.3, 0.4) is 0 Å². The van der Waals surface area contributed by atoms with Crippen molar-refractivity contribution in [3.8, 4) is 5.75 Å². The van der Waals surface area contributed by atoms with Gasteiger partial charge in [-0.1, -0.05) is 17.3 Å². The van der Waals surface area contributed by atoms with Crippen LogP contribution in [0.2, 0.25) is 0 Å². The smallest absolute Gasteiger partial charge is 0.235 e. The molecule has 2 aliphatic heterocycles. The number of benzene rings is 1. The van der Waals surface area contributed by atoms with Gasteiger partial charge in [-0.15, -0.1) is 0 Å². The molecule has 4 heterocycles. The van der Waals surface area contributed by atoms with Crippen LogP contribution in [-0.2, 0) is 27.9 Å². The number of piperidine rings is 2. The van der Waals surface area contributed by atoms with Crippen LogP contribution in [-0.4, -0.2) is 56.8 Å². The lowest BCUT2D eigenvalue weighted by Gasteiger charge is -2.32. The van der Waals surface area contributed by atoms with Gasteiger partial charge in [0.2, 0.25) is 17.7 Å². The number of nitrogens with one attached hydrogen (secondary N) is 1. The largest absolute Gasteiger partial charge is 0.488 e. The highest BCUT2D eigenvalue weighted by molar-refractivity contribution is 6.03. The van der Waals surface area contributed by atoms with E-state index in [1.54, 1.807) is 10.7 Å². The van der Waals surface area contributed by atoms with Crippen LogP contribution in [0.15, 0.2) is 28.8 Å². The van der Waals surface area contributed by atoms with Crippen LogP contribution in [0.5, 0.6) is 5.75 Å². The summed E-state index contributed by atoms with van der Waals surface area (Å²) in [6.07, 6.45) is 2.37. The van der Waals surface area contributed by atoms with Gasteiger partial charge in [-0.25, -0.2) is 0 Å². The Morgan fingerprint density at radius 1 is 1.24 bits per heavy atom. The SMILES string of the molecule is Cc1cc(CC(=O)N2CCC(Oc3cccc4c(C5CCC(=O)NC5=O)nn(C)c34)CC2)on1. The first kappa shape index (κ1) is 22.1. The van der Waals surface area contributed by atoms with Gasteiger partial charge in [0.25, 0.3) is 0 Å². The van der Waals surface area contributed by atoms with Crippen molar-refractivity contribution in [1.29, 1.82) is 0 Å². The number of aryl methyl sites for hydroxylation is 2. The molecule has 2 aromatic heterocycles. The number of ether oxygens (including phenoxy) is 1. The second-order valence-electron chi connectivity index (χ2n) is 8.97. The number of fused-ring (bicyclic) bond motifs is 1. The highest BCUT2D eigenvalue weighted by Gasteiger charge is 2.32. The van der Waals surface area contributed by atoms with Gasteiger partial charge < -0.3 is 14.2 Å². The molecule has 3 amide bonds. The van der Waals surface area contributed by atoms with Crippen LogP contribution in [0.25, 0.3) is 10.9 Å². The third kappa shape index (κ3) is 4.27. The molecule has 10 nitrogen and oxygen atoms in total.